The second kappa shape index (κ2) is 12.9. The summed E-state index contributed by atoms with van der Waals surface area (Å²) in [5.74, 6) is -3.80. The molecular formula is C30H27F5N2O4. The Morgan fingerprint density at radius 1 is 0.951 bits per heavy atom. The lowest BCUT2D eigenvalue weighted by atomic mass is 9.93. The van der Waals surface area contributed by atoms with Crippen molar-refractivity contribution >= 4 is 17.4 Å². The predicted octanol–water partition coefficient (Wildman–Crippen LogP) is 7.16. The molecule has 0 N–H and O–H groups in total. The lowest BCUT2D eigenvalue weighted by Crippen LogP contribution is -2.20. The number of hydrogen-bond acceptors (Lipinski definition) is 5. The zero-order valence-electron chi connectivity index (χ0n) is 22.1. The summed E-state index contributed by atoms with van der Waals surface area (Å²) >= 11 is 0. The number of aromatic nitrogens is 2. The van der Waals surface area contributed by atoms with Crippen molar-refractivity contribution in [3.63, 3.8) is 0 Å². The molecule has 0 aliphatic carbocycles. The molecule has 0 saturated carbocycles. The van der Waals surface area contributed by atoms with E-state index in [4.69, 9.17) is 9.47 Å². The molecular weight excluding hydrogens is 547 g/mol. The molecule has 0 aliphatic rings. The van der Waals surface area contributed by atoms with Gasteiger partial charge in [0.05, 0.1) is 11.3 Å². The number of halogens is 5. The van der Waals surface area contributed by atoms with Crippen molar-refractivity contribution < 1.29 is 41.0 Å². The van der Waals surface area contributed by atoms with Gasteiger partial charge in [-0.05, 0) is 49.1 Å². The minimum absolute atomic E-state index is 0.0632. The Morgan fingerprint density at radius 2 is 1.66 bits per heavy atom. The van der Waals surface area contributed by atoms with E-state index >= 15 is 0 Å². The number of Topliss-reactive ketones (excluding diaryl/α,β-unsaturated/α-hetero) is 1. The van der Waals surface area contributed by atoms with E-state index in [0.717, 1.165) is 12.1 Å². The topological polar surface area (TPSA) is 69.9 Å². The Bertz CT molecular complexity index is 1500. The van der Waals surface area contributed by atoms with E-state index in [-0.39, 0.29) is 42.1 Å². The predicted molar refractivity (Wildman–Crippen MR) is 139 cm³/mol. The summed E-state index contributed by atoms with van der Waals surface area (Å²) in [5, 5.41) is 0. The fraction of sp³-hybridized carbons (Fsp3) is 0.300. The largest absolute Gasteiger partial charge is 0.485 e. The van der Waals surface area contributed by atoms with Crippen molar-refractivity contribution in [2.75, 3.05) is 0 Å². The number of hydrogen-bond donors (Lipinski definition) is 0. The van der Waals surface area contributed by atoms with Gasteiger partial charge in [0.15, 0.2) is 17.2 Å². The molecule has 2 aromatic heterocycles. The van der Waals surface area contributed by atoms with Gasteiger partial charge in [0.2, 0.25) is 0 Å². The monoisotopic (exact) mass is 574 g/mol. The minimum atomic E-state index is -4.53. The van der Waals surface area contributed by atoms with E-state index in [1.807, 2.05) is 0 Å². The van der Waals surface area contributed by atoms with Crippen LogP contribution in [0.4, 0.5) is 22.0 Å². The van der Waals surface area contributed by atoms with Crippen LogP contribution in [-0.2, 0) is 22.7 Å². The van der Waals surface area contributed by atoms with Crippen molar-refractivity contribution in [1.82, 2.24) is 9.38 Å². The van der Waals surface area contributed by atoms with Gasteiger partial charge in [0, 0.05) is 25.5 Å². The van der Waals surface area contributed by atoms with Crippen LogP contribution in [0.3, 0.4) is 0 Å². The highest BCUT2D eigenvalue weighted by molar-refractivity contribution is 5.96. The smallest absolute Gasteiger partial charge is 0.389 e. The number of fused-ring (bicyclic) bond motifs is 1. The maximum absolute atomic E-state index is 14.0. The maximum atomic E-state index is 14.0. The van der Waals surface area contributed by atoms with Crippen LogP contribution in [0.5, 0.6) is 5.75 Å². The lowest BCUT2D eigenvalue weighted by Gasteiger charge is -2.18. The fourth-order valence-corrected chi connectivity index (χ4v) is 4.51. The molecule has 0 amide bonds. The van der Waals surface area contributed by atoms with Crippen molar-refractivity contribution in [3.05, 3.63) is 101 Å². The zero-order chi connectivity index (χ0) is 29.6. The van der Waals surface area contributed by atoms with Crippen molar-refractivity contribution in [2.45, 2.75) is 52.0 Å². The molecule has 0 saturated heterocycles. The van der Waals surface area contributed by atoms with Crippen LogP contribution >= 0.6 is 0 Å². The number of imidazole rings is 1. The van der Waals surface area contributed by atoms with Gasteiger partial charge < -0.3 is 9.47 Å². The van der Waals surface area contributed by atoms with E-state index in [2.05, 4.69) is 4.98 Å². The van der Waals surface area contributed by atoms with Gasteiger partial charge in [0.1, 0.15) is 30.5 Å². The van der Waals surface area contributed by atoms with Gasteiger partial charge >= 0.3 is 12.1 Å². The third-order valence-corrected chi connectivity index (χ3v) is 6.48. The van der Waals surface area contributed by atoms with Crippen LogP contribution < -0.4 is 4.74 Å². The Labute approximate surface area is 232 Å². The molecule has 0 spiro atoms. The SMILES string of the molecule is Cc1nc2c(OCc3c(F)cccc3F)cccn2c1C(=O)CCC(CC(=O)OCc1ccccc1)CC(F)(F)F. The van der Waals surface area contributed by atoms with Gasteiger partial charge in [-0.3, -0.25) is 14.0 Å². The Morgan fingerprint density at radius 3 is 2.34 bits per heavy atom. The molecule has 216 valence electrons. The summed E-state index contributed by atoms with van der Waals surface area (Å²) in [5.41, 5.74) is 1.08. The van der Waals surface area contributed by atoms with Gasteiger partial charge in [-0.15, -0.1) is 0 Å². The second-order valence-corrected chi connectivity index (χ2v) is 9.60. The molecule has 0 aliphatic heterocycles. The number of carbonyl (C=O) groups is 2. The first kappa shape index (κ1) is 29.7. The van der Waals surface area contributed by atoms with Gasteiger partial charge in [-0.1, -0.05) is 36.4 Å². The first-order valence-corrected chi connectivity index (χ1v) is 12.8. The molecule has 4 rings (SSSR count). The molecule has 1 atom stereocenters. The first-order valence-electron chi connectivity index (χ1n) is 12.8. The number of ketones is 1. The van der Waals surface area contributed by atoms with Crippen molar-refractivity contribution in [2.24, 2.45) is 5.92 Å². The maximum Gasteiger partial charge on any atom is 0.389 e. The highest BCUT2D eigenvalue weighted by Gasteiger charge is 2.33. The highest BCUT2D eigenvalue weighted by atomic mass is 19.4. The number of benzene rings is 2. The summed E-state index contributed by atoms with van der Waals surface area (Å²) in [4.78, 5) is 29.9. The molecule has 0 bridgehead atoms. The third kappa shape index (κ3) is 7.90. The standard InChI is InChI=1S/C30H27F5N2O4/c1-19-28(37-14-6-11-26(29(37)36-19)40-18-22-23(31)9-5-10-24(22)32)25(38)13-12-21(16-30(33,34)35)15-27(39)41-17-20-7-3-2-4-8-20/h2-11,14,21H,12-13,15-18H2,1H3. The molecule has 4 aromatic rings. The summed E-state index contributed by atoms with van der Waals surface area (Å²) in [6, 6.07) is 15.3. The second-order valence-electron chi connectivity index (χ2n) is 9.60. The Balaban J connectivity index is 1.44. The average molecular weight is 575 g/mol. The fourth-order valence-electron chi connectivity index (χ4n) is 4.51. The summed E-state index contributed by atoms with van der Waals surface area (Å²) in [7, 11) is 0. The summed E-state index contributed by atoms with van der Waals surface area (Å²) < 4.78 is 80.0. The van der Waals surface area contributed by atoms with Crippen LogP contribution in [0.2, 0.25) is 0 Å². The van der Waals surface area contributed by atoms with Gasteiger partial charge in [-0.2, -0.15) is 13.2 Å². The lowest BCUT2D eigenvalue weighted by molar-refractivity contribution is -0.155. The number of carbonyl (C=O) groups excluding carboxylic acids is 2. The van der Waals surface area contributed by atoms with Gasteiger partial charge in [-0.25, -0.2) is 13.8 Å². The van der Waals surface area contributed by atoms with E-state index < -0.39 is 54.9 Å². The first-order chi connectivity index (χ1) is 19.5. The molecule has 11 heteroatoms. The van der Waals surface area contributed by atoms with E-state index in [9.17, 15) is 31.5 Å². The van der Waals surface area contributed by atoms with Crippen LogP contribution in [-0.4, -0.2) is 27.3 Å². The normalized spacial score (nSPS) is 12.3. The molecule has 0 fully saturated rings. The highest BCUT2D eigenvalue weighted by Crippen LogP contribution is 2.31. The van der Waals surface area contributed by atoms with Crippen molar-refractivity contribution in [3.8, 4) is 5.75 Å². The van der Waals surface area contributed by atoms with E-state index in [1.165, 1.54) is 22.7 Å². The van der Waals surface area contributed by atoms with Crippen LogP contribution in [0.15, 0.2) is 66.9 Å². The van der Waals surface area contributed by atoms with E-state index in [1.54, 1.807) is 43.3 Å². The number of ether oxygens (including phenoxy) is 2. The Hall–Kier alpha value is -4.28. The Kier molecular flexibility index (Phi) is 9.36. The average Bonchev–Trinajstić information content (AvgIpc) is 3.26. The molecule has 41 heavy (non-hydrogen) atoms. The number of aryl methyl sites for hydroxylation is 1. The van der Waals surface area contributed by atoms with E-state index in [0.29, 0.717) is 11.3 Å². The third-order valence-electron chi connectivity index (χ3n) is 6.48. The quantitative estimate of drug-likeness (QED) is 0.102. The van der Waals surface area contributed by atoms with Crippen LogP contribution in [0.1, 0.15) is 53.0 Å². The zero-order valence-corrected chi connectivity index (χ0v) is 22.1. The molecule has 0 radical (unpaired) electrons. The van der Waals surface area contributed by atoms with Gasteiger partial charge in [0.25, 0.3) is 0 Å². The van der Waals surface area contributed by atoms with Crippen molar-refractivity contribution in [1.29, 1.82) is 0 Å². The number of rotatable bonds is 12. The molecule has 1 unspecified atom stereocenters. The molecule has 6 nitrogen and oxygen atoms in total. The number of alkyl halides is 3. The number of nitrogens with zero attached hydrogens (tertiary/aromatic N) is 2. The van der Waals surface area contributed by atoms with Crippen LogP contribution in [0, 0.1) is 24.5 Å². The molecule has 2 heterocycles. The van der Waals surface area contributed by atoms with Crippen LogP contribution in [0.25, 0.3) is 5.65 Å². The summed E-state index contributed by atoms with van der Waals surface area (Å²) in [6.45, 7) is 1.08. The number of esters is 1. The minimum Gasteiger partial charge on any atom is -0.485 e. The summed E-state index contributed by atoms with van der Waals surface area (Å²) in [6.07, 6.45) is -5.20. The number of pyridine rings is 1. The molecule has 2 aromatic carbocycles.